The topological polar surface area (TPSA) is 44.1 Å². The molecule has 0 atom stereocenters. The minimum absolute atomic E-state index is 0.0581. The zero-order valence-corrected chi connectivity index (χ0v) is 14.4. The molecule has 1 aromatic heterocycles. The van der Waals surface area contributed by atoms with Crippen LogP contribution in [0.25, 0.3) is 5.69 Å². The highest BCUT2D eigenvalue weighted by Gasteiger charge is 2.55. The van der Waals surface area contributed by atoms with Gasteiger partial charge in [0.05, 0.1) is 11.1 Å². The number of nitrogens with zero attached hydrogens (tertiary/aromatic N) is 2. The molecule has 25 heavy (non-hydrogen) atoms. The van der Waals surface area contributed by atoms with Gasteiger partial charge in [0.25, 0.3) is 0 Å². The summed E-state index contributed by atoms with van der Waals surface area (Å²) in [5, 5.41) is 4.23. The Morgan fingerprint density at radius 1 is 1.08 bits per heavy atom. The van der Waals surface area contributed by atoms with Crippen LogP contribution in [0.2, 0.25) is 0 Å². The fourth-order valence-corrected chi connectivity index (χ4v) is 5.83. The molecule has 0 saturated heterocycles. The van der Waals surface area contributed by atoms with Gasteiger partial charge in [-0.25, -0.2) is 4.68 Å². The van der Waals surface area contributed by atoms with Crippen LogP contribution in [0, 0.1) is 23.2 Å². The van der Waals surface area contributed by atoms with E-state index >= 15 is 0 Å². The van der Waals surface area contributed by atoms with Crippen LogP contribution in [0.3, 0.4) is 0 Å². The minimum Gasteiger partial charge on any atom is -0.460 e. The molecule has 4 heteroatoms. The number of rotatable bonds is 4. The highest BCUT2D eigenvalue weighted by Crippen LogP contribution is 2.60. The Bertz CT molecular complexity index is 728. The van der Waals surface area contributed by atoms with E-state index in [9.17, 15) is 4.79 Å². The van der Waals surface area contributed by atoms with E-state index in [2.05, 4.69) is 5.10 Å². The molecular formula is C21H24N2O2. The highest BCUT2D eigenvalue weighted by atomic mass is 16.5. The van der Waals surface area contributed by atoms with Crippen molar-refractivity contribution in [3.8, 4) is 5.69 Å². The fourth-order valence-electron chi connectivity index (χ4n) is 5.83. The van der Waals surface area contributed by atoms with E-state index in [1.165, 1.54) is 19.3 Å². The lowest BCUT2D eigenvalue weighted by molar-refractivity contribution is -0.172. The van der Waals surface area contributed by atoms with Crippen molar-refractivity contribution in [3.63, 3.8) is 0 Å². The number of carbonyl (C=O) groups is 1. The van der Waals surface area contributed by atoms with Gasteiger partial charge >= 0.3 is 5.97 Å². The molecule has 0 spiro atoms. The maximum Gasteiger partial charge on any atom is 0.312 e. The van der Waals surface area contributed by atoms with E-state index in [-0.39, 0.29) is 11.4 Å². The summed E-state index contributed by atoms with van der Waals surface area (Å²) in [5.41, 5.74) is 1.89. The third kappa shape index (κ3) is 2.68. The van der Waals surface area contributed by atoms with Gasteiger partial charge in [-0.1, -0.05) is 12.1 Å². The number of ether oxygens (including phenoxy) is 1. The maximum atomic E-state index is 12.9. The Kier molecular flexibility index (Phi) is 3.47. The fraction of sp³-hybridized carbons (Fsp3) is 0.524. The van der Waals surface area contributed by atoms with Crippen LogP contribution < -0.4 is 0 Å². The lowest BCUT2D eigenvalue weighted by Crippen LogP contribution is -2.50. The first-order valence-corrected chi connectivity index (χ1v) is 9.46. The number of esters is 1. The normalized spacial score (nSPS) is 32.7. The molecule has 1 aromatic carbocycles. The molecule has 0 unspecified atom stereocenters. The summed E-state index contributed by atoms with van der Waals surface area (Å²) < 4.78 is 7.61. The Balaban J connectivity index is 1.25. The van der Waals surface area contributed by atoms with E-state index in [0.717, 1.165) is 48.3 Å². The Labute approximate surface area is 148 Å². The molecule has 0 amide bonds. The third-order valence-corrected chi connectivity index (χ3v) is 6.55. The minimum atomic E-state index is -0.163. The van der Waals surface area contributed by atoms with Crippen molar-refractivity contribution in [2.45, 2.75) is 45.1 Å². The van der Waals surface area contributed by atoms with Gasteiger partial charge in [0, 0.05) is 12.4 Å². The lowest BCUT2D eigenvalue weighted by atomic mass is 9.49. The van der Waals surface area contributed by atoms with Crippen LogP contribution in [-0.2, 0) is 16.1 Å². The smallest absolute Gasteiger partial charge is 0.312 e. The predicted octanol–water partition coefficient (Wildman–Crippen LogP) is 4.13. The summed E-state index contributed by atoms with van der Waals surface area (Å²) in [7, 11) is 0. The van der Waals surface area contributed by atoms with Crippen LogP contribution >= 0.6 is 0 Å². The highest BCUT2D eigenvalue weighted by molar-refractivity contribution is 5.77. The van der Waals surface area contributed by atoms with Crippen molar-refractivity contribution in [1.29, 1.82) is 0 Å². The molecule has 6 rings (SSSR count). The van der Waals surface area contributed by atoms with Crippen molar-refractivity contribution in [2.24, 2.45) is 23.2 Å². The molecule has 130 valence electrons. The summed E-state index contributed by atoms with van der Waals surface area (Å²) in [6, 6.07) is 9.97. The average Bonchev–Trinajstić information content (AvgIpc) is 3.13. The van der Waals surface area contributed by atoms with Crippen molar-refractivity contribution < 1.29 is 9.53 Å². The molecule has 4 aliphatic rings. The Morgan fingerprint density at radius 2 is 1.72 bits per heavy atom. The molecule has 4 aliphatic carbocycles. The second-order valence-corrected chi connectivity index (χ2v) is 8.39. The molecule has 4 bridgehead atoms. The number of aromatic nitrogens is 2. The van der Waals surface area contributed by atoms with Gasteiger partial charge in [-0.15, -0.1) is 0 Å². The van der Waals surface area contributed by atoms with Crippen molar-refractivity contribution >= 4 is 5.97 Å². The van der Waals surface area contributed by atoms with Crippen molar-refractivity contribution in [3.05, 3.63) is 48.3 Å². The molecule has 4 saturated carbocycles. The Hall–Kier alpha value is -2.10. The largest absolute Gasteiger partial charge is 0.460 e. The molecular weight excluding hydrogens is 312 g/mol. The van der Waals surface area contributed by atoms with Crippen molar-refractivity contribution in [1.82, 2.24) is 9.78 Å². The van der Waals surface area contributed by atoms with Gasteiger partial charge < -0.3 is 4.74 Å². The number of benzene rings is 1. The number of carbonyl (C=O) groups excluding carboxylic acids is 1. The zero-order chi connectivity index (χ0) is 16.9. The summed E-state index contributed by atoms with van der Waals surface area (Å²) in [6.45, 7) is 0.375. The van der Waals surface area contributed by atoms with E-state index < -0.39 is 0 Å². The molecule has 1 heterocycles. The molecule has 4 nitrogen and oxygen atoms in total. The second-order valence-electron chi connectivity index (χ2n) is 8.39. The van der Waals surface area contributed by atoms with Crippen LogP contribution in [0.4, 0.5) is 0 Å². The van der Waals surface area contributed by atoms with Gasteiger partial charge in [0.1, 0.15) is 6.61 Å². The van der Waals surface area contributed by atoms with E-state index in [1.807, 2.05) is 41.2 Å². The lowest BCUT2D eigenvalue weighted by Gasteiger charge is -2.55. The van der Waals surface area contributed by atoms with Crippen LogP contribution in [0.1, 0.15) is 44.1 Å². The molecule has 4 fully saturated rings. The summed E-state index contributed by atoms with van der Waals surface area (Å²) in [4.78, 5) is 12.9. The SMILES string of the molecule is O=C(OCc1ccc(-n2cccn2)cc1)C12CC3CC(CC(C3)C1)C2. The van der Waals surface area contributed by atoms with E-state index in [0.29, 0.717) is 6.61 Å². The molecule has 0 radical (unpaired) electrons. The van der Waals surface area contributed by atoms with Crippen LogP contribution in [-0.4, -0.2) is 15.7 Å². The van der Waals surface area contributed by atoms with Crippen LogP contribution in [0.5, 0.6) is 0 Å². The predicted molar refractivity (Wildman–Crippen MR) is 94.0 cm³/mol. The standard InChI is InChI=1S/C21H24N2O2/c24-20(21-11-16-8-17(12-21)10-18(9-16)13-21)25-14-15-2-4-19(5-3-15)23-7-1-6-22-23/h1-7,16-18H,8-14H2. The second kappa shape index (κ2) is 5.72. The molecule has 0 aliphatic heterocycles. The quantitative estimate of drug-likeness (QED) is 0.789. The molecule has 2 aromatic rings. The van der Waals surface area contributed by atoms with E-state index in [4.69, 9.17) is 4.74 Å². The first kappa shape index (κ1) is 15.2. The van der Waals surface area contributed by atoms with E-state index in [1.54, 1.807) is 6.20 Å². The third-order valence-electron chi connectivity index (χ3n) is 6.55. The summed E-state index contributed by atoms with van der Waals surface area (Å²) >= 11 is 0. The number of hydrogen-bond donors (Lipinski definition) is 0. The van der Waals surface area contributed by atoms with Gasteiger partial charge in [-0.2, -0.15) is 5.10 Å². The van der Waals surface area contributed by atoms with Crippen LogP contribution in [0.15, 0.2) is 42.7 Å². The monoisotopic (exact) mass is 336 g/mol. The summed E-state index contributed by atoms with van der Waals surface area (Å²) in [5.74, 6) is 2.37. The molecule has 0 N–H and O–H groups in total. The summed E-state index contributed by atoms with van der Waals surface area (Å²) in [6.07, 6.45) is 10.9. The maximum absolute atomic E-state index is 12.9. The van der Waals surface area contributed by atoms with Gasteiger partial charge in [0.2, 0.25) is 0 Å². The number of hydrogen-bond acceptors (Lipinski definition) is 3. The first-order valence-electron chi connectivity index (χ1n) is 9.46. The van der Waals surface area contributed by atoms with Crippen molar-refractivity contribution in [2.75, 3.05) is 0 Å². The Morgan fingerprint density at radius 3 is 2.28 bits per heavy atom. The van der Waals surface area contributed by atoms with Gasteiger partial charge in [-0.05, 0) is 80.0 Å². The van der Waals surface area contributed by atoms with Gasteiger partial charge in [0.15, 0.2) is 0 Å². The average molecular weight is 336 g/mol. The first-order chi connectivity index (χ1) is 12.2. The zero-order valence-electron chi connectivity index (χ0n) is 14.4. The van der Waals surface area contributed by atoms with Gasteiger partial charge in [-0.3, -0.25) is 4.79 Å².